The van der Waals surface area contributed by atoms with E-state index in [4.69, 9.17) is 9.47 Å². The summed E-state index contributed by atoms with van der Waals surface area (Å²) in [5, 5.41) is 0. The average Bonchev–Trinajstić information content (AvgIpc) is 2.48. The van der Waals surface area contributed by atoms with Gasteiger partial charge in [0.15, 0.2) is 0 Å². The summed E-state index contributed by atoms with van der Waals surface area (Å²) in [6.07, 6.45) is 3.38. The molecule has 1 heterocycles. The van der Waals surface area contributed by atoms with Crippen LogP contribution >= 0.6 is 15.9 Å². The van der Waals surface area contributed by atoms with Gasteiger partial charge >= 0.3 is 0 Å². The molecule has 0 atom stereocenters. The highest BCUT2D eigenvalue weighted by Crippen LogP contribution is 2.26. The maximum atomic E-state index is 12.6. The van der Waals surface area contributed by atoms with Crippen LogP contribution < -0.4 is 4.74 Å². The molecule has 5 heteroatoms. The fourth-order valence-electron chi connectivity index (χ4n) is 2.29. The quantitative estimate of drug-likeness (QED) is 0.772. The molecule has 0 spiro atoms. The number of nitrogens with zero attached hydrogens (tertiary/aromatic N) is 1. The van der Waals surface area contributed by atoms with E-state index >= 15 is 0 Å². The number of halogens is 1. The van der Waals surface area contributed by atoms with Crippen LogP contribution in [-0.4, -0.2) is 44.2 Å². The first-order chi connectivity index (χ1) is 9.72. The molecule has 0 N–H and O–H groups in total. The number of amides is 1. The Morgan fingerprint density at radius 3 is 2.70 bits per heavy atom. The van der Waals surface area contributed by atoms with Gasteiger partial charge in [-0.05, 0) is 37.5 Å². The van der Waals surface area contributed by atoms with Crippen LogP contribution in [0.15, 0.2) is 22.7 Å². The Morgan fingerprint density at radius 1 is 1.25 bits per heavy atom. The van der Waals surface area contributed by atoms with Gasteiger partial charge in [0.25, 0.3) is 5.91 Å². The number of likely N-dealkylation sites (tertiary alicyclic amines) is 1. The van der Waals surface area contributed by atoms with E-state index in [9.17, 15) is 4.79 Å². The summed E-state index contributed by atoms with van der Waals surface area (Å²) in [5.74, 6) is 0.677. The van der Waals surface area contributed by atoms with E-state index in [1.807, 2.05) is 23.1 Å². The fraction of sp³-hybridized carbons (Fsp3) is 0.533. The lowest BCUT2D eigenvalue weighted by atomic mass is 10.1. The van der Waals surface area contributed by atoms with E-state index < -0.39 is 0 Å². The summed E-state index contributed by atoms with van der Waals surface area (Å²) in [6.45, 7) is 2.62. The summed E-state index contributed by atoms with van der Waals surface area (Å²) in [6, 6.07) is 5.54. The van der Waals surface area contributed by atoms with Crippen molar-refractivity contribution in [2.75, 3.05) is 33.4 Å². The maximum absolute atomic E-state index is 12.6. The van der Waals surface area contributed by atoms with Gasteiger partial charge in [-0.25, -0.2) is 0 Å². The lowest BCUT2D eigenvalue weighted by molar-refractivity contribution is 0.0717. The van der Waals surface area contributed by atoms with Crippen molar-refractivity contribution in [3.63, 3.8) is 0 Å². The van der Waals surface area contributed by atoms with Gasteiger partial charge in [0.1, 0.15) is 12.4 Å². The van der Waals surface area contributed by atoms with Gasteiger partial charge in [-0.2, -0.15) is 0 Å². The standard InChI is InChI=1S/C15H20BrNO3/c1-19-9-10-20-14-11-12(16)5-6-13(14)15(18)17-7-3-2-4-8-17/h5-6,11H,2-4,7-10H2,1H3. The SMILES string of the molecule is COCCOc1cc(Br)ccc1C(=O)N1CCCCC1. The van der Waals surface area contributed by atoms with Crippen LogP contribution in [-0.2, 0) is 4.74 Å². The van der Waals surface area contributed by atoms with E-state index in [-0.39, 0.29) is 5.91 Å². The molecule has 1 aromatic rings. The van der Waals surface area contributed by atoms with Crippen LogP contribution in [0.25, 0.3) is 0 Å². The summed E-state index contributed by atoms with van der Waals surface area (Å²) >= 11 is 3.41. The Kier molecular flexibility index (Phi) is 5.86. The van der Waals surface area contributed by atoms with Gasteiger partial charge in [0.05, 0.1) is 12.2 Å². The third kappa shape index (κ3) is 3.96. The number of carbonyl (C=O) groups is 1. The highest BCUT2D eigenvalue weighted by atomic mass is 79.9. The zero-order chi connectivity index (χ0) is 14.4. The molecule has 2 rings (SSSR count). The number of rotatable bonds is 5. The molecule has 1 aromatic carbocycles. The topological polar surface area (TPSA) is 38.8 Å². The highest BCUT2D eigenvalue weighted by molar-refractivity contribution is 9.10. The van der Waals surface area contributed by atoms with E-state index in [0.717, 1.165) is 30.4 Å². The first-order valence-electron chi connectivity index (χ1n) is 6.93. The lowest BCUT2D eigenvalue weighted by Gasteiger charge is -2.27. The second kappa shape index (κ2) is 7.64. The third-order valence-electron chi connectivity index (χ3n) is 3.36. The molecule has 1 aliphatic rings. The van der Waals surface area contributed by atoms with Crippen molar-refractivity contribution in [2.24, 2.45) is 0 Å². The molecule has 4 nitrogen and oxygen atoms in total. The minimum Gasteiger partial charge on any atom is -0.490 e. The molecule has 110 valence electrons. The molecule has 1 saturated heterocycles. The van der Waals surface area contributed by atoms with Gasteiger partial charge in [-0.1, -0.05) is 15.9 Å². The number of benzene rings is 1. The molecular weight excluding hydrogens is 322 g/mol. The minimum absolute atomic E-state index is 0.0598. The normalized spacial score (nSPS) is 15.2. The summed E-state index contributed by atoms with van der Waals surface area (Å²) in [5.41, 5.74) is 0.631. The molecule has 20 heavy (non-hydrogen) atoms. The molecule has 0 saturated carbocycles. The van der Waals surface area contributed by atoms with Crippen LogP contribution in [0.1, 0.15) is 29.6 Å². The molecule has 0 unspecified atom stereocenters. The molecule has 1 aliphatic heterocycles. The van der Waals surface area contributed by atoms with E-state index in [1.54, 1.807) is 7.11 Å². The number of hydrogen-bond acceptors (Lipinski definition) is 3. The van der Waals surface area contributed by atoms with E-state index in [1.165, 1.54) is 6.42 Å². The van der Waals surface area contributed by atoms with Gasteiger partial charge in [0.2, 0.25) is 0 Å². The highest BCUT2D eigenvalue weighted by Gasteiger charge is 2.21. The first-order valence-corrected chi connectivity index (χ1v) is 7.72. The Hall–Kier alpha value is -1.07. The second-order valence-electron chi connectivity index (χ2n) is 4.83. The van der Waals surface area contributed by atoms with Crippen LogP contribution in [0, 0.1) is 0 Å². The van der Waals surface area contributed by atoms with Crippen LogP contribution in [0.2, 0.25) is 0 Å². The van der Waals surface area contributed by atoms with Crippen molar-refractivity contribution in [3.8, 4) is 5.75 Å². The van der Waals surface area contributed by atoms with Crippen LogP contribution in [0.5, 0.6) is 5.75 Å². The number of hydrogen-bond donors (Lipinski definition) is 0. The molecule has 0 aromatic heterocycles. The molecule has 0 aliphatic carbocycles. The molecule has 0 bridgehead atoms. The molecule has 1 amide bonds. The Bertz CT molecular complexity index is 458. The summed E-state index contributed by atoms with van der Waals surface area (Å²) in [7, 11) is 1.63. The van der Waals surface area contributed by atoms with Crippen molar-refractivity contribution >= 4 is 21.8 Å². The van der Waals surface area contributed by atoms with Crippen LogP contribution in [0.3, 0.4) is 0 Å². The zero-order valence-corrected chi connectivity index (χ0v) is 13.3. The smallest absolute Gasteiger partial charge is 0.257 e. The zero-order valence-electron chi connectivity index (χ0n) is 11.7. The van der Waals surface area contributed by atoms with E-state index in [0.29, 0.717) is 24.5 Å². The van der Waals surface area contributed by atoms with Gasteiger partial charge < -0.3 is 14.4 Å². The van der Waals surface area contributed by atoms with Crippen molar-refractivity contribution in [2.45, 2.75) is 19.3 Å². The Labute approximate surface area is 128 Å². The summed E-state index contributed by atoms with van der Waals surface area (Å²) < 4.78 is 11.5. The number of methoxy groups -OCH3 is 1. The molecule has 0 radical (unpaired) electrons. The van der Waals surface area contributed by atoms with E-state index in [2.05, 4.69) is 15.9 Å². The third-order valence-corrected chi connectivity index (χ3v) is 3.86. The van der Waals surface area contributed by atoms with Gasteiger partial charge in [-0.15, -0.1) is 0 Å². The largest absolute Gasteiger partial charge is 0.490 e. The predicted octanol–water partition coefficient (Wildman–Crippen LogP) is 3.10. The second-order valence-corrected chi connectivity index (χ2v) is 5.75. The van der Waals surface area contributed by atoms with Gasteiger partial charge in [-0.3, -0.25) is 4.79 Å². The maximum Gasteiger partial charge on any atom is 0.257 e. The van der Waals surface area contributed by atoms with Crippen LogP contribution in [0.4, 0.5) is 0 Å². The van der Waals surface area contributed by atoms with Gasteiger partial charge in [0, 0.05) is 24.7 Å². The lowest BCUT2D eigenvalue weighted by Crippen LogP contribution is -2.35. The van der Waals surface area contributed by atoms with Crippen molar-refractivity contribution in [3.05, 3.63) is 28.2 Å². The summed E-state index contributed by atoms with van der Waals surface area (Å²) in [4.78, 5) is 14.5. The fourth-order valence-corrected chi connectivity index (χ4v) is 2.63. The first kappa shape index (κ1) is 15.3. The van der Waals surface area contributed by atoms with Crippen molar-refractivity contribution in [1.29, 1.82) is 0 Å². The number of piperidine rings is 1. The molecule has 1 fully saturated rings. The Balaban J connectivity index is 2.14. The minimum atomic E-state index is 0.0598. The van der Waals surface area contributed by atoms with Crippen molar-refractivity contribution in [1.82, 2.24) is 4.90 Å². The monoisotopic (exact) mass is 341 g/mol. The average molecular weight is 342 g/mol. The van der Waals surface area contributed by atoms with Crippen molar-refractivity contribution < 1.29 is 14.3 Å². The molecular formula is C15H20BrNO3. The predicted molar refractivity (Wildman–Crippen MR) is 81.3 cm³/mol. The number of carbonyl (C=O) groups excluding carboxylic acids is 1. The number of ether oxygens (including phenoxy) is 2. The Morgan fingerprint density at radius 2 is 2.00 bits per heavy atom.